The van der Waals surface area contributed by atoms with Crippen LogP contribution in [0.1, 0.15) is 93.8 Å². The molecular weight excluding hydrogens is 382 g/mol. The molecule has 31 heavy (non-hydrogen) atoms. The fraction of sp³-hybridized carbons (Fsp3) is 0.519. The molecule has 0 spiro atoms. The minimum absolute atomic E-state index is 0.597. The van der Waals surface area contributed by atoms with Crippen molar-refractivity contribution in [1.29, 1.82) is 0 Å². The van der Waals surface area contributed by atoms with E-state index in [2.05, 4.69) is 36.0 Å². The fourth-order valence-corrected chi connectivity index (χ4v) is 4.97. The number of nitrogens with zero attached hydrogens (tertiary/aromatic N) is 1. The second-order valence-electron chi connectivity index (χ2n) is 9.47. The predicted molar refractivity (Wildman–Crippen MR) is 129 cm³/mol. The summed E-state index contributed by atoms with van der Waals surface area (Å²) in [6.07, 6.45) is 17.8. The summed E-state index contributed by atoms with van der Waals surface area (Å²) in [5, 5.41) is 0. The van der Waals surface area contributed by atoms with Gasteiger partial charge in [0.2, 0.25) is 0 Å². The highest BCUT2D eigenvalue weighted by atomic mass is 16.5. The molecule has 2 aromatic heterocycles. The standard InChI is InChI=1S/C27H37N3O/c1-19(2)15-20-11-8-6-4-5-7-9-12-21-16-22(20)24(29-21)17-26-27(31-3)18-25(30-26)23-13-10-14-28-23/h10,13-14,16-20,28-29H,4-9,11-12,15H2,1-3H3/b26-17-. The molecule has 0 saturated heterocycles. The number of nitrogens with one attached hydrogen (secondary N) is 2. The largest absolute Gasteiger partial charge is 0.494 e. The molecule has 166 valence electrons. The highest BCUT2D eigenvalue weighted by Crippen LogP contribution is 2.35. The molecule has 4 heteroatoms. The average molecular weight is 420 g/mol. The average Bonchev–Trinajstić information content (AvgIpc) is 3.47. The number of H-pyrrole nitrogens is 2. The second-order valence-corrected chi connectivity index (χ2v) is 9.47. The van der Waals surface area contributed by atoms with Gasteiger partial charge >= 0.3 is 0 Å². The van der Waals surface area contributed by atoms with Gasteiger partial charge in [0.1, 0.15) is 11.5 Å². The quantitative estimate of drug-likeness (QED) is 0.532. The normalized spacial score (nSPS) is 21.5. The van der Waals surface area contributed by atoms with Crippen LogP contribution in [0.4, 0.5) is 0 Å². The zero-order chi connectivity index (χ0) is 21.6. The first-order valence-electron chi connectivity index (χ1n) is 12.1. The summed E-state index contributed by atoms with van der Waals surface area (Å²) >= 11 is 0. The first kappa shape index (κ1) is 21.7. The van der Waals surface area contributed by atoms with E-state index in [1.807, 2.05) is 24.4 Å². The van der Waals surface area contributed by atoms with E-state index in [1.165, 1.54) is 68.3 Å². The number of hydrogen-bond donors (Lipinski definition) is 2. The van der Waals surface area contributed by atoms with E-state index < -0.39 is 0 Å². The summed E-state index contributed by atoms with van der Waals surface area (Å²) < 4.78 is 5.68. The molecule has 3 heterocycles. The van der Waals surface area contributed by atoms with Crippen molar-refractivity contribution < 1.29 is 4.74 Å². The van der Waals surface area contributed by atoms with Crippen molar-refractivity contribution in [3.63, 3.8) is 0 Å². The van der Waals surface area contributed by atoms with Crippen molar-refractivity contribution in [2.75, 3.05) is 7.11 Å². The number of ether oxygens (including phenoxy) is 1. The Morgan fingerprint density at radius 1 is 1.16 bits per heavy atom. The monoisotopic (exact) mass is 419 g/mol. The van der Waals surface area contributed by atoms with Crippen molar-refractivity contribution in [3.8, 4) is 0 Å². The van der Waals surface area contributed by atoms with Crippen LogP contribution in [0.25, 0.3) is 6.08 Å². The van der Waals surface area contributed by atoms with Gasteiger partial charge in [-0.2, -0.15) is 0 Å². The zero-order valence-corrected chi connectivity index (χ0v) is 19.3. The molecule has 1 aliphatic carbocycles. The molecule has 1 atom stereocenters. The van der Waals surface area contributed by atoms with Crippen molar-refractivity contribution in [1.82, 2.24) is 9.97 Å². The van der Waals surface area contributed by atoms with Gasteiger partial charge in [0.05, 0.1) is 18.5 Å². The smallest absolute Gasteiger partial charge is 0.146 e. The van der Waals surface area contributed by atoms with Crippen molar-refractivity contribution >= 4 is 11.8 Å². The number of allylic oxidation sites excluding steroid dienone is 1. The maximum absolute atomic E-state index is 5.68. The Labute approximate surface area is 186 Å². The molecule has 0 fully saturated rings. The Bertz CT molecular complexity index is 943. The Morgan fingerprint density at radius 3 is 2.71 bits per heavy atom. The zero-order valence-electron chi connectivity index (χ0n) is 19.3. The SMILES string of the molecule is COC1=CC(c2ccc[nH]2)=N/C1=C\c1[nH]c2cc1C(CC(C)C)CCCCCCCC2. The molecule has 0 saturated carbocycles. The summed E-state index contributed by atoms with van der Waals surface area (Å²) in [6.45, 7) is 4.69. The third kappa shape index (κ3) is 5.41. The predicted octanol–water partition coefficient (Wildman–Crippen LogP) is 7.13. The van der Waals surface area contributed by atoms with Gasteiger partial charge in [-0.25, -0.2) is 4.99 Å². The molecular formula is C27H37N3O. The molecule has 0 aromatic carbocycles. The lowest BCUT2D eigenvalue weighted by molar-refractivity contribution is 0.303. The van der Waals surface area contributed by atoms with E-state index in [1.54, 1.807) is 7.11 Å². The van der Waals surface area contributed by atoms with Gasteiger partial charge in [-0.05, 0) is 67.4 Å². The first-order chi connectivity index (χ1) is 15.1. The van der Waals surface area contributed by atoms with Gasteiger partial charge < -0.3 is 14.7 Å². The van der Waals surface area contributed by atoms with Gasteiger partial charge in [-0.15, -0.1) is 0 Å². The van der Waals surface area contributed by atoms with Crippen LogP contribution in [-0.4, -0.2) is 22.8 Å². The number of rotatable bonds is 5. The number of aromatic nitrogens is 2. The van der Waals surface area contributed by atoms with Crippen LogP contribution in [0.2, 0.25) is 0 Å². The molecule has 4 nitrogen and oxygen atoms in total. The van der Waals surface area contributed by atoms with E-state index in [0.29, 0.717) is 11.8 Å². The molecule has 0 radical (unpaired) electrons. The van der Waals surface area contributed by atoms with Crippen LogP contribution in [0, 0.1) is 5.92 Å². The molecule has 1 aliphatic heterocycles. The van der Waals surface area contributed by atoms with Gasteiger partial charge in [-0.3, -0.25) is 0 Å². The fourth-order valence-electron chi connectivity index (χ4n) is 4.97. The molecule has 2 N–H and O–H groups in total. The number of hydrogen-bond acceptors (Lipinski definition) is 2. The Balaban J connectivity index is 1.71. The van der Waals surface area contributed by atoms with Gasteiger partial charge in [0.25, 0.3) is 0 Å². The van der Waals surface area contributed by atoms with Crippen LogP contribution < -0.4 is 0 Å². The van der Waals surface area contributed by atoms with Crippen LogP contribution >= 0.6 is 0 Å². The number of fused-ring (bicyclic) bond motifs is 2. The summed E-state index contributed by atoms with van der Waals surface area (Å²) in [7, 11) is 1.73. The van der Waals surface area contributed by atoms with Gasteiger partial charge in [0, 0.05) is 23.7 Å². The Kier molecular flexibility index (Phi) is 7.16. The van der Waals surface area contributed by atoms with E-state index in [4.69, 9.17) is 9.73 Å². The van der Waals surface area contributed by atoms with Crippen molar-refractivity contribution in [2.24, 2.45) is 10.9 Å². The summed E-state index contributed by atoms with van der Waals surface area (Å²) in [4.78, 5) is 11.9. The number of methoxy groups -OCH3 is 1. The molecule has 1 unspecified atom stereocenters. The third-order valence-corrected chi connectivity index (χ3v) is 6.52. The van der Waals surface area contributed by atoms with E-state index in [0.717, 1.165) is 29.3 Å². The lowest BCUT2D eigenvalue weighted by Crippen LogP contribution is -2.04. The first-order valence-corrected chi connectivity index (χ1v) is 12.1. The topological polar surface area (TPSA) is 53.2 Å². The highest BCUT2D eigenvalue weighted by Gasteiger charge is 2.22. The minimum Gasteiger partial charge on any atom is -0.494 e. The number of aliphatic imine (C=N–C) groups is 1. The Morgan fingerprint density at radius 2 is 1.97 bits per heavy atom. The van der Waals surface area contributed by atoms with Crippen LogP contribution in [0.5, 0.6) is 0 Å². The number of aromatic amines is 2. The van der Waals surface area contributed by atoms with Gasteiger partial charge in [0.15, 0.2) is 0 Å². The van der Waals surface area contributed by atoms with E-state index in [-0.39, 0.29) is 0 Å². The van der Waals surface area contributed by atoms with Gasteiger partial charge in [-0.1, -0.05) is 46.0 Å². The van der Waals surface area contributed by atoms with Crippen LogP contribution in [0.3, 0.4) is 0 Å². The maximum atomic E-state index is 5.68. The van der Waals surface area contributed by atoms with Crippen LogP contribution in [0.15, 0.2) is 46.9 Å². The lowest BCUT2D eigenvalue weighted by Gasteiger charge is -2.20. The molecule has 2 bridgehead atoms. The number of aryl methyl sites for hydroxylation is 1. The van der Waals surface area contributed by atoms with E-state index >= 15 is 0 Å². The third-order valence-electron chi connectivity index (χ3n) is 6.52. The maximum Gasteiger partial charge on any atom is 0.146 e. The summed E-state index contributed by atoms with van der Waals surface area (Å²) in [5.74, 6) is 2.11. The molecule has 2 aromatic rings. The summed E-state index contributed by atoms with van der Waals surface area (Å²) in [6, 6.07) is 6.49. The minimum atomic E-state index is 0.597. The molecule has 0 amide bonds. The lowest BCUT2D eigenvalue weighted by atomic mass is 9.85. The highest BCUT2D eigenvalue weighted by molar-refractivity contribution is 6.11. The second kappa shape index (κ2) is 10.2. The van der Waals surface area contributed by atoms with Crippen molar-refractivity contribution in [2.45, 2.75) is 77.6 Å². The molecule has 4 rings (SSSR count). The van der Waals surface area contributed by atoms with E-state index in [9.17, 15) is 0 Å². The summed E-state index contributed by atoms with van der Waals surface area (Å²) in [5.41, 5.74) is 6.89. The van der Waals surface area contributed by atoms with Crippen molar-refractivity contribution in [3.05, 3.63) is 64.6 Å². The Hall–Kier alpha value is -2.49. The van der Waals surface area contributed by atoms with Crippen LogP contribution in [-0.2, 0) is 11.2 Å². The molecule has 2 aliphatic rings.